The van der Waals surface area contributed by atoms with Crippen LogP contribution in [0.15, 0.2) is 24.3 Å². The highest BCUT2D eigenvalue weighted by atomic mass is 31.2. The molecule has 0 heterocycles. The zero-order valence-corrected chi connectivity index (χ0v) is 36.1. The minimum absolute atomic E-state index is 0.0760. The molecule has 2 atom stereocenters. The van der Waals surface area contributed by atoms with E-state index < -0.39 is 20.5 Å². The first kappa shape index (κ1) is 53.0. The Morgan fingerprint density at radius 1 is 0.556 bits per heavy atom. The Morgan fingerprint density at radius 3 is 1.31 bits per heavy atom. The fourth-order valence-electron chi connectivity index (χ4n) is 6.66. The van der Waals surface area contributed by atoms with E-state index >= 15 is 0 Å². The average Bonchev–Trinajstić information content (AvgIpc) is 3.16. The van der Waals surface area contributed by atoms with Crippen molar-refractivity contribution in [3.8, 4) is 0 Å². The standard InChI is InChI=1S/C45H88NO7P/c1-2-3-4-5-6-7-8-9-10-11-12-13-14-15-16-17-18-19-20-21-22-23-24-25-26-27-28-29-30-31-32-33-34-35-36-37-38-39-45(48)51-42-44(47)43-53-54(49,50)52-41-40-46/h8-9,11-12,44,47H,2-7,10,13-43,46H2,1H3,(H,49,50)/b9-8-,12-11-. The van der Waals surface area contributed by atoms with E-state index in [1.807, 2.05) is 0 Å². The maximum atomic E-state index is 11.9. The van der Waals surface area contributed by atoms with Crippen LogP contribution in [0.3, 0.4) is 0 Å². The zero-order chi connectivity index (χ0) is 39.5. The summed E-state index contributed by atoms with van der Waals surface area (Å²) in [6, 6.07) is 0. The van der Waals surface area contributed by atoms with Gasteiger partial charge in [-0.3, -0.25) is 13.8 Å². The van der Waals surface area contributed by atoms with Crippen LogP contribution in [-0.4, -0.2) is 48.4 Å². The predicted molar refractivity (Wildman–Crippen MR) is 229 cm³/mol. The Morgan fingerprint density at radius 2 is 0.926 bits per heavy atom. The first-order valence-electron chi connectivity index (χ1n) is 22.9. The van der Waals surface area contributed by atoms with Crippen molar-refractivity contribution in [3.63, 3.8) is 0 Å². The van der Waals surface area contributed by atoms with E-state index in [2.05, 4.69) is 40.3 Å². The quantitative estimate of drug-likeness (QED) is 0.0241. The first-order chi connectivity index (χ1) is 26.4. The highest BCUT2D eigenvalue weighted by Crippen LogP contribution is 2.42. The molecule has 2 unspecified atom stereocenters. The molecule has 9 heteroatoms. The normalized spacial score (nSPS) is 13.6. The summed E-state index contributed by atoms with van der Waals surface area (Å²) in [4.78, 5) is 21.2. The molecular formula is C45H88NO7P. The highest BCUT2D eigenvalue weighted by Gasteiger charge is 2.22. The van der Waals surface area contributed by atoms with E-state index in [1.54, 1.807) is 0 Å². The van der Waals surface area contributed by atoms with Gasteiger partial charge in [0.25, 0.3) is 0 Å². The summed E-state index contributed by atoms with van der Waals surface area (Å²) >= 11 is 0. The number of hydrogen-bond donors (Lipinski definition) is 3. The van der Waals surface area contributed by atoms with E-state index in [9.17, 15) is 19.4 Å². The molecule has 0 aromatic carbocycles. The largest absolute Gasteiger partial charge is 0.472 e. The Balaban J connectivity index is 3.25. The van der Waals surface area contributed by atoms with Gasteiger partial charge in [0.1, 0.15) is 12.7 Å². The van der Waals surface area contributed by atoms with Crippen LogP contribution in [0.2, 0.25) is 0 Å². The first-order valence-corrected chi connectivity index (χ1v) is 24.4. The topological polar surface area (TPSA) is 128 Å². The van der Waals surface area contributed by atoms with Crippen molar-refractivity contribution >= 4 is 13.8 Å². The van der Waals surface area contributed by atoms with Crippen molar-refractivity contribution in [2.45, 2.75) is 231 Å². The second kappa shape index (κ2) is 43.1. The molecule has 0 fully saturated rings. The SMILES string of the molecule is CCCCCCC/C=C\C/C=C\CCCCCCCCCCCCCCCCCCCCCCCCCCCC(=O)OCC(O)COP(=O)(O)OCCN. The fourth-order valence-corrected chi connectivity index (χ4v) is 7.44. The minimum Gasteiger partial charge on any atom is -0.463 e. The molecule has 0 bridgehead atoms. The van der Waals surface area contributed by atoms with Crippen LogP contribution in [0.4, 0.5) is 0 Å². The van der Waals surface area contributed by atoms with Gasteiger partial charge in [0.2, 0.25) is 0 Å². The molecule has 0 spiro atoms. The lowest BCUT2D eigenvalue weighted by atomic mass is 10.0. The van der Waals surface area contributed by atoms with Gasteiger partial charge >= 0.3 is 13.8 Å². The Hall–Kier alpha value is -1.02. The Bertz CT molecular complexity index is 884. The van der Waals surface area contributed by atoms with E-state index in [-0.39, 0.29) is 25.7 Å². The summed E-state index contributed by atoms with van der Waals surface area (Å²) in [5, 5.41) is 9.77. The van der Waals surface area contributed by atoms with Crippen LogP contribution in [-0.2, 0) is 23.1 Å². The molecule has 320 valence electrons. The number of carbonyl (C=O) groups excluding carboxylic acids is 1. The fraction of sp³-hybridized carbons (Fsp3) is 0.889. The second-order valence-corrected chi connectivity index (χ2v) is 16.9. The Labute approximate surface area is 333 Å². The molecule has 0 aromatic rings. The highest BCUT2D eigenvalue weighted by molar-refractivity contribution is 7.47. The van der Waals surface area contributed by atoms with Gasteiger partial charge in [0, 0.05) is 13.0 Å². The molecule has 0 rings (SSSR count). The van der Waals surface area contributed by atoms with Crippen molar-refractivity contribution in [2.24, 2.45) is 5.73 Å². The van der Waals surface area contributed by atoms with Gasteiger partial charge in [-0.1, -0.05) is 205 Å². The number of carbonyl (C=O) groups is 1. The molecule has 0 aliphatic carbocycles. The molecule has 0 aliphatic rings. The number of unbranched alkanes of at least 4 members (excludes halogenated alkanes) is 30. The molecule has 0 aromatic heterocycles. The van der Waals surface area contributed by atoms with Crippen LogP contribution in [0.1, 0.15) is 225 Å². The monoisotopic (exact) mass is 786 g/mol. The van der Waals surface area contributed by atoms with Crippen LogP contribution < -0.4 is 5.73 Å². The third-order valence-corrected chi connectivity index (χ3v) is 11.1. The number of phosphoric ester groups is 1. The van der Waals surface area contributed by atoms with E-state index in [0.29, 0.717) is 6.42 Å². The second-order valence-electron chi connectivity index (χ2n) is 15.5. The summed E-state index contributed by atoms with van der Waals surface area (Å²) in [6.07, 6.45) is 52.5. The van der Waals surface area contributed by atoms with Crippen LogP contribution in [0, 0.1) is 0 Å². The number of esters is 1. The number of hydrogen-bond acceptors (Lipinski definition) is 7. The molecule has 0 aliphatic heterocycles. The smallest absolute Gasteiger partial charge is 0.463 e. The number of aliphatic hydroxyl groups is 1. The van der Waals surface area contributed by atoms with Crippen molar-refractivity contribution < 1.29 is 33.1 Å². The molecule has 54 heavy (non-hydrogen) atoms. The molecule has 4 N–H and O–H groups in total. The Kier molecular flexibility index (Phi) is 42.3. The lowest BCUT2D eigenvalue weighted by Gasteiger charge is -2.15. The summed E-state index contributed by atoms with van der Waals surface area (Å²) in [5.74, 6) is -0.380. The van der Waals surface area contributed by atoms with Crippen LogP contribution >= 0.6 is 7.82 Å². The number of aliphatic hydroxyl groups excluding tert-OH is 1. The van der Waals surface area contributed by atoms with Gasteiger partial charge in [0.15, 0.2) is 0 Å². The lowest BCUT2D eigenvalue weighted by molar-refractivity contribution is -0.147. The number of ether oxygens (including phenoxy) is 1. The molecule has 0 saturated carbocycles. The summed E-state index contributed by atoms with van der Waals surface area (Å²) < 4.78 is 25.8. The number of phosphoric acid groups is 1. The average molecular weight is 786 g/mol. The lowest BCUT2D eigenvalue weighted by Crippen LogP contribution is -2.23. The molecule has 8 nitrogen and oxygen atoms in total. The van der Waals surface area contributed by atoms with Gasteiger partial charge in [-0.05, 0) is 38.5 Å². The van der Waals surface area contributed by atoms with Gasteiger partial charge in [-0.25, -0.2) is 4.57 Å². The minimum atomic E-state index is -4.25. The zero-order valence-electron chi connectivity index (χ0n) is 35.2. The van der Waals surface area contributed by atoms with Gasteiger partial charge < -0.3 is 20.5 Å². The van der Waals surface area contributed by atoms with Gasteiger partial charge in [0.05, 0.1) is 13.2 Å². The molecule has 0 radical (unpaired) electrons. The van der Waals surface area contributed by atoms with Crippen molar-refractivity contribution in [1.29, 1.82) is 0 Å². The molecule has 0 saturated heterocycles. The molecular weight excluding hydrogens is 697 g/mol. The maximum Gasteiger partial charge on any atom is 0.472 e. The van der Waals surface area contributed by atoms with E-state index in [0.717, 1.165) is 25.7 Å². The summed E-state index contributed by atoms with van der Waals surface area (Å²) in [7, 11) is -4.25. The van der Waals surface area contributed by atoms with Crippen molar-refractivity contribution in [1.82, 2.24) is 0 Å². The van der Waals surface area contributed by atoms with Crippen LogP contribution in [0.25, 0.3) is 0 Å². The van der Waals surface area contributed by atoms with Gasteiger partial charge in [-0.15, -0.1) is 0 Å². The number of allylic oxidation sites excluding steroid dienone is 4. The predicted octanol–water partition coefficient (Wildman–Crippen LogP) is 13.4. The van der Waals surface area contributed by atoms with E-state index in [1.165, 1.54) is 186 Å². The maximum absolute atomic E-state index is 11.9. The molecule has 0 amide bonds. The third kappa shape index (κ3) is 43.7. The van der Waals surface area contributed by atoms with E-state index in [4.69, 9.17) is 10.5 Å². The third-order valence-electron chi connectivity index (χ3n) is 10.1. The summed E-state index contributed by atoms with van der Waals surface area (Å²) in [5.41, 5.74) is 5.21. The van der Waals surface area contributed by atoms with Crippen molar-refractivity contribution in [3.05, 3.63) is 24.3 Å². The van der Waals surface area contributed by atoms with Crippen LogP contribution in [0.5, 0.6) is 0 Å². The number of nitrogens with two attached hydrogens (primary N) is 1. The number of rotatable bonds is 44. The van der Waals surface area contributed by atoms with Gasteiger partial charge in [-0.2, -0.15) is 0 Å². The van der Waals surface area contributed by atoms with Crippen molar-refractivity contribution in [2.75, 3.05) is 26.4 Å². The summed E-state index contributed by atoms with van der Waals surface area (Å²) in [6.45, 7) is 1.47.